The average molecular weight is 554 g/mol. The zero-order valence-electron chi connectivity index (χ0n) is 22.7. The van der Waals surface area contributed by atoms with Gasteiger partial charge in [-0.05, 0) is 55.4 Å². The summed E-state index contributed by atoms with van der Waals surface area (Å²) in [7, 11) is 1.41. The van der Waals surface area contributed by atoms with Crippen molar-refractivity contribution in [1.29, 1.82) is 5.26 Å². The van der Waals surface area contributed by atoms with Crippen molar-refractivity contribution in [3.05, 3.63) is 70.9 Å². The van der Waals surface area contributed by atoms with Gasteiger partial charge in [0.15, 0.2) is 17.5 Å². The number of nitrogens with two attached hydrogens (primary N) is 1. The summed E-state index contributed by atoms with van der Waals surface area (Å²) in [4.78, 5) is 27.3. The molecule has 1 aromatic carbocycles. The Morgan fingerprint density at radius 3 is 2.78 bits per heavy atom. The van der Waals surface area contributed by atoms with Crippen molar-refractivity contribution in [2.75, 3.05) is 25.9 Å². The largest absolute Gasteiger partial charge is 0.453 e. The fourth-order valence-electron chi connectivity index (χ4n) is 5.76. The highest BCUT2D eigenvalue weighted by molar-refractivity contribution is 5.69. The molecule has 1 spiro atoms. The van der Waals surface area contributed by atoms with E-state index in [0.29, 0.717) is 36.3 Å². The van der Waals surface area contributed by atoms with E-state index < -0.39 is 5.82 Å². The van der Waals surface area contributed by atoms with Crippen molar-refractivity contribution in [2.24, 2.45) is 5.41 Å². The summed E-state index contributed by atoms with van der Waals surface area (Å²) < 4.78 is 21.6. The Kier molecular flexibility index (Phi) is 6.57. The van der Waals surface area contributed by atoms with Gasteiger partial charge in [-0.1, -0.05) is 23.4 Å². The van der Waals surface area contributed by atoms with Crippen LogP contribution in [0.4, 0.5) is 15.0 Å². The van der Waals surface area contributed by atoms with Gasteiger partial charge in [-0.2, -0.15) is 5.26 Å². The molecular weight excluding hydrogens is 525 g/mol. The van der Waals surface area contributed by atoms with Crippen LogP contribution in [0.25, 0.3) is 22.8 Å². The van der Waals surface area contributed by atoms with Crippen LogP contribution in [0.1, 0.15) is 47.7 Å². The van der Waals surface area contributed by atoms with Gasteiger partial charge in [0.1, 0.15) is 11.4 Å². The number of nitrogens with zero attached hydrogens (tertiary/aromatic N) is 8. The smallest absolute Gasteiger partial charge is 0.409 e. The number of anilines is 1. The molecule has 3 aromatic heterocycles. The second-order valence-electron chi connectivity index (χ2n) is 10.6. The van der Waals surface area contributed by atoms with Crippen molar-refractivity contribution >= 4 is 11.9 Å². The number of carbonyl (C=O) groups excluding carboxylic acids is 1. The number of likely N-dealkylation sites (tertiary alicyclic amines) is 1. The molecule has 1 unspecified atom stereocenters. The maximum atomic E-state index is 15.1. The molecule has 1 saturated carbocycles. The lowest BCUT2D eigenvalue weighted by atomic mass is 9.80. The number of nitrogen functional groups attached to an aromatic ring is 1. The molecule has 11 nitrogen and oxygen atoms in total. The van der Waals surface area contributed by atoms with E-state index in [4.69, 9.17) is 15.5 Å². The summed E-state index contributed by atoms with van der Waals surface area (Å²) >= 11 is 0. The maximum Gasteiger partial charge on any atom is 0.409 e. The van der Waals surface area contributed by atoms with E-state index in [2.05, 4.69) is 26.3 Å². The quantitative estimate of drug-likeness (QED) is 0.386. The first-order chi connectivity index (χ1) is 19.8. The van der Waals surface area contributed by atoms with Gasteiger partial charge in [0.05, 0.1) is 37.2 Å². The Labute approximate surface area is 235 Å². The number of amides is 1. The van der Waals surface area contributed by atoms with Crippen LogP contribution in [-0.2, 0) is 11.3 Å². The van der Waals surface area contributed by atoms with Crippen LogP contribution in [0.2, 0.25) is 0 Å². The first-order valence-electron chi connectivity index (χ1n) is 13.3. The van der Waals surface area contributed by atoms with E-state index in [0.717, 1.165) is 30.7 Å². The van der Waals surface area contributed by atoms with Gasteiger partial charge in [0, 0.05) is 30.3 Å². The van der Waals surface area contributed by atoms with Crippen LogP contribution < -0.4 is 5.73 Å². The van der Waals surface area contributed by atoms with Gasteiger partial charge in [0.25, 0.3) is 0 Å². The Balaban J connectivity index is 1.24. The average Bonchev–Trinajstić information content (AvgIpc) is 3.58. The molecule has 1 saturated heterocycles. The first-order valence-corrected chi connectivity index (χ1v) is 13.3. The Bertz CT molecular complexity index is 1690. The van der Waals surface area contributed by atoms with Gasteiger partial charge in [-0.25, -0.2) is 23.8 Å². The van der Waals surface area contributed by atoms with Crippen molar-refractivity contribution in [3.8, 4) is 28.8 Å². The summed E-state index contributed by atoms with van der Waals surface area (Å²) in [5.41, 5.74) is 9.60. The third kappa shape index (κ3) is 4.84. The molecule has 0 bridgehead atoms. The Morgan fingerprint density at radius 1 is 1.22 bits per heavy atom. The minimum atomic E-state index is -0.789. The number of benzene rings is 1. The van der Waals surface area contributed by atoms with Crippen LogP contribution >= 0.6 is 0 Å². The predicted octanol–water partition coefficient (Wildman–Crippen LogP) is 4.08. The number of carbonyl (C=O) groups is 1. The fourth-order valence-corrected chi connectivity index (χ4v) is 5.76. The molecule has 0 radical (unpaired) electrons. The molecule has 6 rings (SSSR count). The minimum absolute atomic E-state index is 0.0474. The molecule has 41 heavy (non-hydrogen) atoms. The lowest BCUT2D eigenvalue weighted by Crippen LogP contribution is -2.44. The van der Waals surface area contributed by atoms with Crippen LogP contribution in [0, 0.1) is 29.5 Å². The summed E-state index contributed by atoms with van der Waals surface area (Å²) in [5.74, 6) is -0.648. The number of nitriles is 1. The molecule has 2 N–H and O–H groups in total. The van der Waals surface area contributed by atoms with Crippen LogP contribution in [0.3, 0.4) is 0 Å². The van der Waals surface area contributed by atoms with E-state index in [-0.39, 0.29) is 40.5 Å². The highest BCUT2D eigenvalue weighted by Crippen LogP contribution is 2.59. The zero-order valence-corrected chi connectivity index (χ0v) is 22.7. The van der Waals surface area contributed by atoms with Gasteiger partial charge in [-0.3, -0.25) is 4.98 Å². The number of pyridine rings is 1. The first kappa shape index (κ1) is 26.3. The number of aromatic nitrogens is 6. The van der Waals surface area contributed by atoms with Gasteiger partial charge >= 0.3 is 6.09 Å². The summed E-state index contributed by atoms with van der Waals surface area (Å²) in [6.07, 6.45) is 4.25. The second kappa shape index (κ2) is 10.2. The zero-order chi connectivity index (χ0) is 28.7. The number of hydrogen-bond donors (Lipinski definition) is 1. The summed E-state index contributed by atoms with van der Waals surface area (Å²) in [5, 5.41) is 17.7. The molecule has 1 amide bonds. The van der Waals surface area contributed by atoms with E-state index in [9.17, 15) is 10.1 Å². The molecule has 208 valence electrons. The van der Waals surface area contributed by atoms with E-state index >= 15 is 4.39 Å². The number of rotatable bonds is 5. The number of ether oxygens (including phenoxy) is 1. The van der Waals surface area contributed by atoms with Crippen LogP contribution in [-0.4, -0.2) is 61.1 Å². The molecule has 4 heterocycles. The van der Waals surface area contributed by atoms with Crippen LogP contribution in [0.15, 0.2) is 42.6 Å². The topological polar surface area (TPSA) is 149 Å². The number of piperidine rings is 1. The van der Waals surface area contributed by atoms with E-state index in [1.54, 1.807) is 40.9 Å². The van der Waals surface area contributed by atoms with Crippen molar-refractivity contribution in [2.45, 2.75) is 38.6 Å². The predicted molar refractivity (Wildman–Crippen MR) is 147 cm³/mol. The van der Waals surface area contributed by atoms with Crippen molar-refractivity contribution in [1.82, 2.24) is 34.8 Å². The molecule has 12 heteroatoms. The standard InChI is InChI=1S/C29H28FN9O2/c1-17-18(13-31)5-3-7-20(17)27-34-25(24(30)26(32)35-27)23-15-39(37-36-23)14-19-6-4-8-22(33-19)21-9-12-38(28(40)41-2)16-29(21)10-11-29/h3-8,15,21H,9-12,14,16H2,1-2H3,(H2,32,34,35). The molecule has 2 aliphatic rings. The third-order valence-electron chi connectivity index (χ3n) is 8.12. The summed E-state index contributed by atoms with van der Waals surface area (Å²) in [6, 6.07) is 13.2. The fraction of sp³-hybridized carbons (Fsp3) is 0.345. The number of methoxy groups -OCH3 is 1. The van der Waals surface area contributed by atoms with Gasteiger partial charge in [0.2, 0.25) is 0 Å². The summed E-state index contributed by atoms with van der Waals surface area (Å²) in [6.45, 7) is 3.42. The van der Waals surface area contributed by atoms with Crippen LogP contribution in [0.5, 0.6) is 0 Å². The minimum Gasteiger partial charge on any atom is -0.453 e. The van der Waals surface area contributed by atoms with Gasteiger partial charge in [-0.15, -0.1) is 5.10 Å². The van der Waals surface area contributed by atoms with Crippen molar-refractivity contribution < 1.29 is 13.9 Å². The van der Waals surface area contributed by atoms with E-state index in [1.165, 1.54) is 7.11 Å². The highest BCUT2D eigenvalue weighted by atomic mass is 19.1. The lowest BCUT2D eigenvalue weighted by Gasteiger charge is -2.38. The van der Waals surface area contributed by atoms with E-state index in [1.807, 2.05) is 18.2 Å². The van der Waals surface area contributed by atoms with Gasteiger partial charge < -0.3 is 15.4 Å². The number of hydrogen-bond acceptors (Lipinski definition) is 9. The Morgan fingerprint density at radius 2 is 2.02 bits per heavy atom. The molecule has 1 atom stereocenters. The molecule has 1 aliphatic carbocycles. The monoisotopic (exact) mass is 553 g/mol. The Hall–Kier alpha value is -4.92. The number of halogens is 1. The normalized spacial score (nSPS) is 17.3. The lowest BCUT2D eigenvalue weighted by molar-refractivity contribution is 0.0891. The second-order valence-corrected chi connectivity index (χ2v) is 10.6. The maximum absolute atomic E-state index is 15.1. The molecule has 4 aromatic rings. The van der Waals surface area contributed by atoms with Crippen molar-refractivity contribution in [3.63, 3.8) is 0 Å². The SMILES string of the molecule is COC(=O)N1CCC(c2cccc(Cn3cc(-c4nc(-c5cccc(C#N)c5C)nc(N)c4F)nn3)n2)C2(CC2)C1. The molecule has 2 fully saturated rings. The molecule has 1 aliphatic heterocycles. The molecular formula is C29H28FN9O2. The highest BCUT2D eigenvalue weighted by Gasteiger charge is 2.54. The third-order valence-corrected chi connectivity index (χ3v) is 8.12.